The predicted molar refractivity (Wildman–Crippen MR) is 105 cm³/mol. The van der Waals surface area contributed by atoms with Crippen LogP contribution < -0.4 is 14.8 Å². The van der Waals surface area contributed by atoms with Gasteiger partial charge in [0.25, 0.3) is 0 Å². The number of allylic oxidation sites excluding steroid dienone is 1. The molecule has 1 aromatic rings. The van der Waals surface area contributed by atoms with E-state index in [2.05, 4.69) is 34.9 Å². The number of aliphatic imine (C=N–C) groups is 1. The summed E-state index contributed by atoms with van der Waals surface area (Å²) < 4.78 is 10.7. The lowest BCUT2D eigenvalue weighted by Gasteiger charge is -2.21. The highest BCUT2D eigenvalue weighted by atomic mass is 127. The van der Waals surface area contributed by atoms with Crippen LogP contribution in [0.5, 0.6) is 11.5 Å². The molecule has 1 N–H and O–H groups in total. The molecule has 2 rings (SSSR count). The van der Waals surface area contributed by atoms with Gasteiger partial charge in [-0.3, -0.25) is 4.99 Å². The molecule has 6 heteroatoms. The molecule has 0 saturated carbocycles. The number of hydrogen-bond acceptors (Lipinski definition) is 3. The number of benzene rings is 1. The topological polar surface area (TPSA) is 46.1 Å². The molecule has 1 aliphatic heterocycles. The normalized spacial score (nSPS) is 12.5. The van der Waals surface area contributed by atoms with Crippen LogP contribution >= 0.6 is 24.0 Å². The molecule has 0 radical (unpaired) electrons. The van der Waals surface area contributed by atoms with E-state index in [-0.39, 0.29) is 24.0 Å². The summed E-state index contributed by atoms with van der Waals surface area (Å²) >= 11 is 0. The van der Waals surface area contributed by atoms with Crippen LogP contribution in [0.25, 0.3) is 0 Å². The Bertz CT molecular complexity index is 535. The highest BCUT2D eigenvalue weighted by Gasteiger charge is 2.13. The Labute approximate surface area is 155 Å². The molecule has 0 amide bonds. The van der Waals surface area contributed by atoms with Gasteiger partial charge in [0.2, 0.25) is 6.79 Å². The molecular weight excluding hydrogens is 405 g/mol. The maximum absolute atomic E-state index is 5.40. The number of fused-ring (bicyclic) bond motifs is 1. The SMILES string of the molecule is C=CCCCN(C)C(=NC)NCCc1ccc2c(c1)OCO2.I. The van der Waals surface area contributed by atoms with E-state index in [0.717, 1.165) is 49.8 Å². The van der Waals surface area contributed by atoms with Gasteiger partial charge in [-0.25, -0.2) is 0 Å². The fraction of sp³-hybridized carbons (Fsp3) is 0.471. The van der Waals surface area contributed by atoms with E-state index < -0.39 is 0 Å². The second-order valence-electron chi connectivity index (χ2n) is 5.26. The maximum atomic E-state index is 5.40. The molecule has 0 atom stereocenters. The molecule has 0 aliphatic carbocycles. The van der Waals surface area contributed by atoms with E-state index in [1.807, 2.05) is 25.3 Å². The largest absolute Gasteiger partial charge is 0.454 e. The van der Waals surface area contributed by atoms with Crippen molar-refractivity contribution >= 4 is 29.9 Å². The minimum Gasteiger partial charge on any atom is -0.454 e. The molecule has 1 heterocycles. The van der Waals surface area contributed by atoms with Crippen LogP contribution in [-0.2, 0) is 6.42 Å². The first kappa shape index (κ1) is 19.6. The van der Waals surface area contributed by atoms with Gasteiger partial charge in [0.1, 0.15) is 0 Å². The molecule has 128 valence electrons. The summed E-state index contributed by atoms with van der Waals surface area (Å²) in [5.74, 6) is 2.59. The molecule has 5 nitrogen and oxygen atoms in total. The molecular formula is C17H26IN3O2. The number of unbranched alkanes of at least 4 members (excludes halogenated alkanes) is 1. The average molecular weight is 431 g/mol. The van der Waals surface area contributed by atoms with Crippen LogP contribution in [-0.4, -0.2) is 44.8 Å². The zero-order chi connectivity index (χ0) is 15.8. The summed E-state index contributed by atoms with van der Waals surface area (Å²) in [4.78, 5) is 6.46. The third-order valence-corrected chi connectivity index (χ3v) is 3.61. The summed E-state index contributed by atoms with van der Waals surface area (Å²) in [6, 6.07) is 6.08. The lowest BCUT2D eigenvalue weighted by molar-refractivity contribution is 0.174. The monoisotopic (exact) mass is 431 g/mol. The molecule has 0 unspecified atom stereocenters. The Morgan fingerprint density at radius 3 is 2.91 bits per heavy atom. The first-order chi connectivity index (χ1) is 10.7. The van der Waals surface area contributed by atoms with E-state index >= 15 is 0 Å². The summed E-state index contributed by atoms with van der Waals surface area (Å²) in [6.07, 6.45) is 4.97. The van der Waals surface area contributed by atoms with Crippen molar-refractivity contribution in [2.45, 2.75) is 19.3 Å². The standard InChI is InChI=1S/C17H25N3O2.HI/c1-4-5-6-11-20(3)17(18-2)19-10-9-14-7-8-15-16(12-14)22-13-21-15;/h4,7-8,12H,1,5-6,9-11,13H2,2-3H3,(H,18,19);1H. The van der Waals surface area contributed by atoms with Crippen molar-refractivity contribution in [2.75, 3.05) is 34.0 Å². The Balaban J connectivity index is 0.00000264. The van der Waals surface area contributed by atoms with Gasteiger partial charge in [-0.1, -0.05) is 12.1 Å². The quantitative estimate of drug-likeness (QED) is 0.237. The predicted octanol–water partition coefficient (Wildman–Crippen LogP) is 3.05. The second kappa shape index (κ2) is 10.4. The number of ether oxygens (including phenoxy) is 2. The number of nitrogens with zero attached hydrogens (tertiary/aromatic N) is 2. The number of nitrogens with one attached hydrogen (secondary N) is 1. The molecule has 0 fully saturated rings. The van der Waals surface area contributed by atoms with Gasteiger partial charge in [0, 0.05) is 27.2 Å². The summed E-state index contributed by atoms with van der Waals surface area (Å²) in [5, 5.41) is 3.39. The van der Waals surface area contributed by atoms with Gasteiger partial charge < -0.3 is 19.7 Å². The number of rotatable bonds is 7. The minimum absolute atomic E-state index is 0. The summed E-state index contributed by atoms with van der Waals surface area (Å²) in [6.45, 7) is 5.86. The van der Waals surface area contributed by atoms with Crippen molar-refractivity contribution in [1.82, 2.24) is 10.2 Å². The second-order valence-corrected chi connectivity index (χ2v) is 5.26. The van der Waals surface area contributed by atoms with Crippen molar-refractivity contribution in [3.63, 3.8) is 0 Å². The average Bonchev–Trinajstić information content (AvgIpc) is 2.99. The molecule has 23 heavy (non-hydrogen) atoms. The lowest BCUT2D eigenvalue weighted by Crippen LogP contribution is -2.40. The van der Waals surface area contributed by atoms with Crippen LogP contribution in [0.4, 0.5) is 0 Å². The molecule has 0 aromatic heterocycles. The van der Waals surface area contributed by atoms with E-state index in [9.17, 15) is 0 Å². The van der Waals surface area contributed by atoms with Crippen LogP contribution in [0.15, 0.2) is 35.8 Å². The number of hydrogen-bond donors (Lipinski definition) is 1. The van der Waals surface area contributed by atoms with Crippen molar-refractivity contribution in [2.24, 2.45) is 4.99 Å². The van der Waals surface area contributed by atoms with Gasteiger partial charge in [-0.05, 0) is 37.0 Å². The fourth-order valence-electron chi connectivity index (χ4n) is 2.38. The molecule has 0 bridgehead atoms. The molecule has 0 saturated heterocycles. The summed E-state index contributed by atoms with van der Waals surface area (Å²) in [7, 11) is 3.87. The third-order valence-electron chi connectivity index (χ3n) is 3.61. The molecule has 1 aliphatic rings. The van der Waals surface area contributed by atoms with Crippen LogP contribution in [0, 0.1) is 0 Å². The van der Waals surface area contributed by atoms with Crippen molar-refractivity contribution in [3.8, 4) is 11.5 Å². The Morgan fingerprint density at radius 2 is 2.17 bits per heavy atom. The first-order valence-electron chi connectivity index (χ1n) is 7.66. The van der Waals surface area contributed by atoms with Crippen LogP contribution in [0.3, 0.4) is 0 Å². The molecule has 1 aromatic carbocycles. The van der Waals surface area contributed by atoms with E-state index in [4.69, 9.17) is 9.47 Å². The Morgan fingerprint density at radius 1 is 1.39 bits per heavy atom. The van der Waals surface area contributed by atoms with Crippen molar-refractivity contribution < 1.29 is 9.47 Å². The zero-order valence-corrected chi connectivity index (χ0v) is 16.2. The van der Waals surface area contributed by atoms with Crippen molar-refractivity contribution in [3.05, 3.63) is 36.4 Å². The highest BCUT2D eigenvalue weighted by Crippen LogP contribution is 2.32. The highest BCUT2D eigenvalue weighted by molar-refractivity contribution is 14.0. The third kappa shape index (κ3) is 5.93. The smallest absolute Gasteiger partial charge is 0.231 e. The zero-order valence-electron chi connectivity index (χ0n) is 13.9. The molecule has 0 spiro atoms. The lowest BCUT2D eigenvalue weighted by atomic mass is 10.1. The fourth-order valence-corrected chi connectivity index (χ4v) is 2.38. The van der Waals surface area contributed by atoms with E-state index in [0.29, 0.717) is 6.79 Å². The maximum Gasteiger partial charge on any atom is 0.231 e. The minimum atomic E-state index is 0. The van der Waals surface area contributed by atoms with E-state index in [1.54, 1.807) is 0 Å². The van der Waals surface area contributed by atoms with Gasteiger partial charge in [0.05, 0.1) is 0 Å². The Hall–Kier alpha value is -1.44. The van der Waals surface area contributed by atoms with Crippen molar-refractivity contribution in [1.29, 1.82) is 0 Å². The van der Waals surface area contributed by atoms with E-state index in [1.165, 1.54) is 5.56 Å². The van der Waals surface area contributed by atoms with Crippen LogP contribution in [0.1, 0.15) is 18.4 Å². The van der Waals surface area contributed by atoms with Gasteiger partial charge in [-0.15, -0.1) is 30.6 Å². The van der Waals surface area contributed by atoms with Gasteiger partial charge in [-0.2, -0.15) is 0 Å². The number of halogens is 1. The van der Waals surface area contributed by atoms with Gasteiger partial charge in [0.15, 0.2) is 17.5 Å². The number of guanidine groups is 1. The van der Waals surface area contributed by atoms with Gasteiger partial charge >= 0.3 is 0 Å². The first-order valence-corrected chi connectivity index (χ1v) is 7.66. The Kier molecular flexibility index (Phi) is 8.83. The van der Waals surface area contributed by atoms with Crippen LogP contribution in [0.2, 0.25) is 0 Å². The summed E-state index contributed by atoms with van der Waals surface area (Å²) in [5.41, 5.74) is 1.22.